The first-order valence-corrected chi connectivity index (χ1v) is 12.2. The van der Waals surface area contributed by atoms with Gasteiger partial charge in [-0.3, -0.25) is 14.5 Å². The van der Waals surface area contributed by atoms with Crippen LogP contribution in [0, 0.1) is 0 Å². The number of hydrogen-bond donors (Lipinski definition) is 0. The molecule has 2 aromatic rings. The van der Waals surface area contributed by atoms with E-state index in [1.807, 2.05) is 59.5 Å². The second-order valence-corrected chi connectivity index (χ2v) is 9.11. The summed E-state index contributed by atoms with van der Waals surface area (Å²) in [7, 11) is 0. The van der Waals surface area contributed by atoms with E-state index in [0.717, 1.165) is 24.3 Å². The molecule has 2 aliphatic rings. The number of ether oxygens (including phenoxy) is 1. The van der Waals surface area contributed by atoms with E-state index in [0.29, 0.717) is 50.9 Å². The molecule has 2 aliphatic heterocycles. The van der Waals surface area contributed by atoms with Crippen molar-refractivity contribution in [2.24, 2.45) is 0 Å². The van der Waals surface area contributed by atoms with Crippen LogP contribution in [0.5, 0.6) is 5.75 Å². The molecule has 2 fully saturated rings. The van der Waals surface area contributed by atoms with Gasteiger partial charge in [-0.05, 0) is 69.1 Å². The first-order valence-electron chi connectivity index (χ1n) is 12.2. The normalized spacial score (nSPS) is 19.5. The summed E-state index contributed by atoms with van der Waals surface area (Å²) in [4.78, 5) is 31.8. The Bertz CT molecular complexity index is 908. The first kappa shape index (κ1) is 23.5. The van der Waals surface area contributed by atoms with Gasteiger partial charge in [0.1, 0.15) is 5.75 Å². The molecule has 0 radical (unpaired) electrons. The molecule has 0 aromatic heterocycles. The van der Waals surface area contributed by atoms with Crippen molar-refractivity contribution < 1.29 is 14.3 Å². The van der Waals surface area contributed by atoms with Gasteiger partial charge in [-0.1, -0.05) is 18.2 Å². The molecular formula is C27H35N3O3. The number of hydrogen-bond acceptors (Lipinski definition) is 5. The molecule has 0 aliphatic carbocycles. The van der Waals surface area contributed by atoms with Crippen LogP contribution in [0.1, 0.15) is 46.9 Å². The zero-order chi connectivity index (χ0) is 23.0. The maximum absolute atomic E-state index is 12.7. The van der Waals surface area contributed by atoms with Gasteiger partial charge in [0.25, 0.3) is 5.91 Å². The smallest absolute Gasteiger partial charge is 0.253 e. The minimum atomic E-state index is 0.0621. The Kier molecular flexibility index (Phi) is 8.13. The number of carbonyl (C=O) groups excluding carboxylic acids is 2. The second-order valence-electron chi connectivity index (χ2n) is 9.11. The van der Waals surface area contributed by atoms with Gasteiger partial charge in [-0.25, -0.2) is 0 Å². The molecule has 2 saturated heterocycles. The Morgan fingerprint density at radius 3 is 2.30 bits per heavy atom. The fourth-order valence-corrected chi connectivity index (χ4v) is 4.69. The lowest BCUT2D eigenvalue weighted by molar-refractivity contribution is 0.0624. The van der Waals surface area contributed by atoms with Gasteiger partial charge in [0.05, 0.1) is 13.2 Å². The molecule has 6 heteroatoms. The largest absolute Gasteiger partial charge is 0.494 e. The summed E-state index contributed by atoms with van der Waals surface area (Å²) in [6, 6.07) is 17.6. The highest BCUT2D eigenvalue weighted by atomic mass is 16.5. The van der Waals surface area contributed by atoms with E-state index in [1.54, 1.807) is 0 Å². The topological polar surface area (TPSA) is 53.1 Å². The van der Waals surface area contributed by atoms with Crippen LogP contribution < -0.4 is 4.74 Å². The van der Waals surface area contributed by atoms with Crippen LogP contribution in [0.2, 0.25) is 0 Å². The van der Waals surface area contributed by atoms with E-state index >= 15 is 0 Å². The third-order valence-corrected chi connectivity index (χ3v) is 6.77. The van der Waals surface area contributed by atoms with Crippen LogP contribution in [-0.2, 0) is 0 Å². The summed E-state index contributed by atoms with van der Waals surface area (Å²) in [5.41, 5.74) is 1.42. The van der Waals surface area contributed by atoms with Gasteiger partial charge in [0.2, 0.25) is 0 Å². The van der Waals surface area contributed by atoms with E-state index in [2.05, 4.69) is 16.7 Å². The lowest BCUT2D eigenvalue weighted by atomic mass is 10.1. The highest BCUT2D eigenvalue weighted by Crippen LogP contribution is 2.17. The number of rotatable bonds is 9. The summed E-state index contributed by atoms with van der Waals surface area (Å²) in [5, 5.41) is 0. The monoisotopic (exact) mass is 449 g/mol. The third-order valence-electron chi connectivity index (χ3n) is 6.77. The van der Waals surface area contributed by atoms with Crippen LogP contribution >= 0.6 is 0 Å². The minimum Gasteiger partial charge on any atom is -0.494 e. The number of piperazine rings is 1. The van der Waals surface area contributed by atoms with Crippen LogP contribution in [0.25, 0.3) is 0 Å². The number of benzene rings is 2. The Hall–Kier alpha value is -2.70. The van der Waals surface area contributed by atoms with Crippen molar-refractivity contribution in [1.82, 2.24) is 14.7 Å². The van der Waals surface area contributed by atoms with Gasteiger partial charge < -0.3 is 14.5 Å². The predicted octanol–water partition coefficient (Wildman–Crippen LogP) is 3.58. The van der Waals surface area contributed by atoms with E-state index in [-0.39, 0.29) is 11.7 Å². The molecule has 0 bridgehead atoms. The Balaban J connectivity index is 1.17. The number of nitrogens with zero attached hydrogens (tertiary/aromatic N) is 3. The predicted molar refractivity (Wildman–Crippen MR) is 130 cm³/mol. The molecule has 0 saturated carbocycles. The van der Waals surface area contributed by atoms with Crippen molar-refractivity contribution in [2.75, 3.05) is 52.4 Å². The van der Waals surface area contributed by atoms with Crippen molar-refractivity contribution >= 4 is 11.7 Å². The number of carbonyl (C=O) groups is 2. The summed E-state index contributed by atoms with van der Waals surface area (Å²) in [6.07, 6.45) is 3.63. The SMILES string of the molecule is CC1CCCN1CCCOc1ccc(C(=O)CN2CCN(C(=O)c3ccccc3)CC2)cc1. The summed E-state index contributed by atoms with van der Waals surface area (Å²) in [6.45, 7) is 8.37. The Morgan fingerprint density at radius 1 is 0.909 bits per heavy atom. The molecule has 4 rings (SSSR count). The summed E-state index contributed by atoms with van der Waals surface area (Å²) >= 11 is 0. The molecule has 0 spiro atoms. The van der Waals surface area contributed by atoms with Crippen LogP contribution in [0.15, 0.2) is 54.6 Å². The van der Waals surface area contributed by atoms with Crippen molar-refractivity contribution in [2.45, 2.75) is 32.2 Å². The van der Waals surface area contributed by atoms with Crippen molar-refractivity contribution in [3.8, 4) is 5.75 Å². The maximum Gasteiger partial charge on any atom is 0.253 e. The number of amides is 1. The number of likely N-dealkylation sites (tertiary alicyclic amines) is 1. The molecular weight excluding hydrogens is 414 g/mol. The van der Waals surface area contributed by atoms with E-state index in [9.17, 15) is 9.59 Å². The molecule has 6 nitrogen and oxygen atoms in total. The maximum atomic E-state index is 12.7. The Morgan fingerprint density at radius 2 is 1.64 bits per heavy atom. The molecule has 0 N–H and O–H groups in total. The fourth-order valence-electron chi connectivity index (χ4n) is 4.69. The standard InChI is InChI=1S/C27H35N3O3/c1-22-7-5-14-29(22)15-6-20-33-25-12-10-23(11-13-25)26(31)21-28-16-18-30(19-17-28)27(32)24-8-3-2-4-9-24/h2-4,8-13,22H,5-7,14-21H2,1H3. The second kappa shape index (κ2) is 11.4. The van der Waals surface area contributed by atoms with Crippen LogP contribution in [-0.4, -0.2) is 84.9 Å². The molecule has 1 amide bonds. The summed E-state index contributed by atoms with van der Waals surface area (Å²) < 4.78 is 5.87. The zero-order valence-electron chi connectivity index (χ0n) is 19.6. The van der Waals surface area contributed by atoms with Gasteiger partial charge in [0, 0.05) is 49.9 Å². The molecule has 2 heterocycles. The average molecular weight is 450 g/mol. The van der Waals surface area contributed by atoms with E-state index < -0.39 is 0 Å². The fraction of sp³-hybridized carbons (Fsp3) is 0.481. The van der Waals surface area contributed by atoms with Crippen LogP contribution in [0.4, 0.5) is 0 Å². The van der Waals surface area contributed by atoms with Crippen LogP contribution in [0.3, 0.4) is 0 Å². The van der Waals surface area contributed by atoms with Gasteiger partial charge in [-0.15, -0.1) is 0 Å². The zero-order valence-corrected chi connectivity index (χ0v) is 19.6. The Labute approximate surface area is 197 Å². The van der Waals surface area contributed by atoms with E-state index in [4.69, 9.17) is 4.74 Å². The van der Waals surface area contributed by atoms with Gasteiger partial charge in [0.15, 0.2) is 5.78 Å². The first-order chi connectivity index (χ1) is 16.1. The highest BCUT2D eigenvalue weighted by molar-refractivity contribution is 5.97. The van der Waals surface area contributed by atoms with Gasteiger partial charge in [-0.2, -0.15) is 0 Å². The third kappa shape index (κ3) is 6.42. The minimum absolute atomic E-state index is 0.0621. The van der Waals surface area contributed by atoms with E-state index in [1.165, 1.54) is 19.4 Å². The van der Waals surface area contributed by atoms with Crippen molar-refractivity contribution in [3.05, 3.63) is 65.7 Å². The van der Waals surface area contributed by atoms with Crippen molar-refractivity contribution in [1.29, 1.82) is 0 Å². The molecule has 176 valence electrons. The molecule has 1 atom stereocenters. The lowest BCUT2D eigenvalue weighted by Crippen LogP contribution is -2.49. The number of Topliss-reactive ketones (excluding diaryl/α,β-unsaturated/α-hetero) is 1. The van der Waals surface area contributed by atoms with Gasteiger partial charge >= 0.3 is 0 Å². The lowest BCUT2D eigenvalue weighted by Gasteiger charge is -2.34. The number of ketones is 1. The summed E-state index contributed by atoms with van der Waals surface area (Å²) in [5.74, 6) is 0.980. The quantitative estimate of drug-likeness (QED) is 0.433. The average Bonchev–Trinajstić information content (AvgIpc) is 3.27. The molecule has 2 aromatic carbocycles. The van der Waals surface area contributed by atoms with Crippen molar-refractivity contribution in [3.63, 3.8) is 0 Å². The molecule has 1 unspecified atom stereocenters. The highest BCUT2D eigenvalue weighted by Gasteiger charge is 2.23. The molecule has 33 heavy (non-hydrogen) atoms.